The predicted octanol–water partition coefficient (Wildman–Crippen LogP) is 3.28. The Kier molecular flexibility index (Phi) is 7.76. The Morgan fingerprint density at radius 3 is 2.23 bits per heavy atom. The van der Waals surface area contributed by atoms with Crippen LogP contribution in [0.2, 0.25) is 0 Å². The lowest BCUT2D eigenvalue weighted by Gasteiger charge is -2.17. The molecule has 168 valence electrons. The second kappa shape index (κ2) is 10.1. The Balaban J connectivity index is 2.24. The lowest BCUT2D eigenvalue weighted by molar-refractivity contribution is -0.385. The molecule has 10 heteroatoms. The minimum absolute atomic E-state index is 0.0171. The molecule has 0 bridgehead atoms. The quantitative estimate of drug-likeness (QED) is 0.242. The number of nitro groups is 1. The summed E-state index contributed by atoms with van der Waals surface area (Å²) in [7, 11) is 4.26. The van der Waals surface area contributed by atoms with Crippen LogP contribution in [-0.4, -0.2) is 55.8 Å². The van der Waals surface area contributed by atoms with Gasteiger partial charge in [-0.3, -0.25) is 14.9 Å². The number of carbonyl (C=O) groups is 2. The highest BCUT2D eigenvalue weighted by Crippen LogP contribution is 2.34. The molecule has 0 aliphatic heterocycles. The van der Waals surface area contributed by atoms with Crippen molar-refractivity contribution < 1.29 is 33.5 Å². The molecular formula is C21H26N2O8. The second-order valence-corrected chi connectivity index (χ2v) is 6.94. The molecule has 2 aromatic rings. The third-order valence-corrected chi connectivity index (χ3v) is 4.89. The van der Waals surface area contributed by atoms with Gasteiger partial charge in [0.15, 0.2) is 18.1 Å². The van der Waals surface area contributed by atoms with E-state index in [2.05, 4.69) is 0 Å². The lowest BCUT2D eigenvalue weighted by Crippen LogP contribution is -2.17. The van der Waals surface area contributed by atoms with Crippen LogP contribution in [0.5, 0.6) is 11.5 Å². The second-order valence-electron chi connectivity index (χ2n) is 6.94. The molecular weight excluding hydrogens is 408 g/mol. The largest absolute Gasteiger partial charge is 0.493 e. The van der Waals surface area contributed by atoms with E-state index in [1.807, 2.05) is 18.4 Å². The van der Waals surface area contributed by atoms with Crippen LogP contribution >= 0.6 is 0 Å². The van der Waals surface area contributed by atoms with E-state index in [1.54, 1.807) is 20.1 Å². The SMILES string of the molecule is COC[C@@H](C)n1c(C)cc(C(=O)COC(=O)c2cc(OC)c(OC)cc2[N+](=O)[O-])c1C. The van der Waals surface area contributed by atoms with Crippen molar-refractivity contribution in [1.29, 1.82) is 0 Å². The summed E-state index contributed by atoms with van der Waals surface area (Å²) in [6.45, 7) is 5.55. The highest BCUT2D eigenvalue weighted by molar-refractivity contribution is 6.01. The number of Topliss-reactive ketones (excluding diaryl/α,β-unsaturated/α-hetero) is 1. The van der Waals surface area contributed by atoms with Crippen LogP contribution in [0.1, 0.15) is 45.1 Å². The smallest absolute Gasteiger partial charge is 0.345 e. The number of rotatable bonds is 10. The van der Waals surface area contributed by atoms with Crippen LogP contribution in [-0.2, 0) is 9.47 Å². The van der Waals surface area contributed by atoms with Crippen molar-refractivity contribution in [1.82, 2.24) is 4.57 Å². The molecule has 0 saturated carbocycles. The Labute approximate surface area is 179 Å². The van der Waals surface area contributed by atoms with Crippen molar-refractivity contribution in [2.45, 2.75) is 26.8 Å². The number of ketones is 1. The molecule has 1 aromatic heterocycles. The van der Waals surface area contributed by atoms with Gasteiger partial charge in [-0.2, -0.15) is 0 Å². The zero-order chi connectivity index (χ0) is 23.3. The summed E-state index contributed by atoms with van der Waals surface area (Å²) in [5.41, 5.74) is 1.15. The highest BCUT2D eigenvalue weighted by atomic mass is 16.6. The molecule has 0 N–H and O–H groups in total. The summed E-state index contributed by atoms with van der Waals surface area (Å²) in [4.78, 5) is 35.9. The normalized spacial score (nSPS) is 11.7. The van der Waals surface area contributed by atoms with Crippen LogP contribution in [0, 0.1) is 24.0 Å². The summed E-state index contributed by atoms with van der Waals surface area (Å²) >= 11 is 0. The van der Waals surface area contributed by atoms with E-state index in [9.17, 15) is 19.7 Å². The fraction of sp³-hybridized carbons (Fsp3) is 0.429. The van der Waals surface area contributed by atoms with Crippen LogP contribution in [0.3, 0.4) is 0 Å². The van der Waals surface area contributed by atoms with E-state index in [0.29, 0.717) is 12.2 Å². The van der Waals surface area contributed by atoms with Crippen LogP contribution in [0.25, 0.3) is 0 Å². The fourth-order valence-corrected chi connectivity index (χ4v) is 3.52. The van der Waals surface area contributed by atoms with Crippen molar-refractivity contribution in [3.8, 4) is 11.5 Å². The van der Waals surface area contributed by atoms with Gasteiger partial charge in [-0.1, -0.05) is 0 Å². The van der Waals surface area contributed by atoms with Gasteiger partial charge in [-0.25, -0.2) is 4.79 Å². The average molecular weight is 434 g/mol. The molecule has 0 amide bonds. The molecule has 0 radical (unpaired) electrons. The van der Waals surface area contributed by atoms with Gasteiger partial charge in [-0.05, 0) is 26.8 Å². The summed E-state index contributed by atoms with van der Waals surface area (Å²) in [6.07, 6.45) is 0. The predicted molar refractivity (Wildman–Crippen MR) is 111 cm³/mol. The van der Waals surface area contributed by atoms with Crippen LogP contribution in [0.15, 0.2) is 18.2 Å². The first-order valence-electron chi connectivity index (χ1n) is 9.44. The van der Waals surface area contributed by atoms with Crippen molar-refractivity contribution in [2.75, 3.05) is 34.5 Å². The topological polar surface area (TPSA) is 119 Å². The van der Waals surface area contributed by atoms with Crippen molar-refractivity contribution in [2.24, 2.45) is 0 Å². The standard InChI is InChI=1S/C21H26N2O8/c1-12-7-15(14(3)22(12)13(2)10-28-4)18(24)11-31-21(25)16-8-19(29-5)20(30-6)9-17(16)23(26)27/h7-9,13H,10-11H2,1-6H3/t13-/m1/s1. The van der Waals surface area contributed by atoms with Gasteiger partial charge in [0.05, 0.1) is 37.9 Å². The van der Waals surface area contributed by atoms with E-state index in [4.69, 9.17) is 18.9 Å². The number of carbonyl (C=O) groups excluding carboxylic acids is 2. The first kappa shape index (κ1) is 23.9. The van der Waals surface area contributed by atoms with Crippen molar-refractivity contribution in [3.05, 3.63) is 50.8 Å². The van der Waals surface area contributed by atoms with Gasteiger partial charge in [0.2, 0.25) is 5.78 Å². The van der Waals surface area contributed by atoms with Gasteiger partial charge in [0.25, 0.3) is 5.69 Å². The maximum atomic E-state index is 12.7. The van der Waals surface area contributed by atoms with E-state index in [-0.39, 0.29) is 23.1 Å². The molecule has 1 aromatic carbocycles. The maximum absolute atomic E-state index is 12.7. The fourth-order valence-electron chi connectivity index (χ4n) is 3.52. The molecule has 2 rings (SSSR count). The summed E-state index contributed by atoms with van der Waals surface area (Å²) < 4.78 is 22.4. The highest BCUT2D eigenvalue weighted by Gasteiger charge is 2.27. The molecule has 10 nitrogen and oxygen atoms in total. The van der Waals surface area contributed by atoms with E-state index < -0.39 is 29.0 Å². The lowest BCUT2D eigenvalue weighted by atomic mass is 10.1. The minimum atomic E-state index is -1.01. The Morgan fingerprint density at radius 1 is 1.06 bits per heavy atom. The number of ether oxygens (including phenoxy) is 4. The molecule has 0 aliphatic carbocycles. The number of benzene rings is 1. The molecule has 0 saturated heterocycles. The Morgan fingerprint density at radius 2 is 1.68 bits per heavy atom. The molecule has 0 spiro atoms. The molecule has 0 fully saturated rings. The minimum Gasteiger partial charge on any atom is -0.493 e. The van der Waals surface area contributed by atoms with Crippen LogP contribution in [0.4, 0.5) is 5.69 Å². The number of aryl methyl sites for hydroxylation is 1. The molecule has 0 unspecified atom stereocenters. The number of hydrogen-bond acceptors (Lipinski definition) is 8. The maximum Gasteiger partial charge on any atom is 0.345 e. The summed E-state index contributed by atoms with van der Waals surface area (Å²) in [5, 5.41) is 11.4. The number of methoxy groups -OCH3 is 3. The van der Waals surface area contributed by atoms with Gasteiger partial charge in [-0.15, -0.1) is 0 Å². The summed E-state index contributed by atoms with van der Waals surface area (Å²) in [6, 6.07) is 3.96. The van der Waals surface area contributed by atoms with Gasteiger partial charge in [0, 0.05) is 30.1 Å². The van der Waals surface area contributed by atoms with E-state index in [0.717, 1.165) is 23.5 Å². The van der Waals surface area contributed by atoms with Crippen molar-refractivity contribution in [3.63, 3.8) is 0 Å². The number of aromatic nitrogens is 1. The third kappa shape index (κ3) is 5.02. The number of nitro benzene ring substituents is 1. The van der Waals surface area contributed by atoms with Gasteiger partial charge in [0.1, 0.15) is 5.56 Å². The third-order valence-electron chi connectivity index (χ3n) is 4.89. The number of esters is 1. The van der Waals surface area contributed by atoms with Gasteiger partial charge >= 0.3 is 5.97 Å². The summed E-state index contributed by atoms with van der Waals surface area (Å²) in [5.74, 6) is -1.20. The number of hydrogen-bond donors (Lipinski definition) is 0. The first-order chi connectivity index (χ1) is 14.7. The van der Waals surface area contributed by atoms with E-state index >= 15 is 0 Å². The monoisotopic (exact) mass is 434 g/mol. The molecule has 1 atom stereocenters. The Bertz CT molecular complexity index is 996. The average Bonchev–Trinajstić information content (AvgIpc) is 3.04. The first-order valence-corrected chi connectivity index (χ1v) is 9.44. The zero-order valence-electron chi connectivity index (χ0n) is 18.4. The molecule has 31 heavy (non-hydrogen) atoms. The number of nitrogens with zero attached hydrogens (tertiary/aromatic N) is 2. The van der Waals surface area contributed by atoms with E-state index in [1.165, 1.54) is 14.2 Å². The zero-order valence-corrected chi connectivity index (χ0v) is 18.4. The Hall–Kier alpha value is -3.40. The molecule has 0 aliphatic rings. The van der Waals surface area contributed by atoms with Crippen molar-refractivity contribution >= 4 is 17.4 Å². The molecule has 1 heterocycles. The van der Waals surface area contributed by atoms with Gasteiger partial charge < -0.3 is 23.5 Å². The van der Waals surface area contributed by atoms with Crippen LogP contribution < -0.4 is 9.47 Å².